The van der Waals surface area contributed by atoms with E-state index in [1.54, 1.807) is 6.20 Å². The second-order valence-corrected chi connectivity index (χ2v) is 7.30. The van der Waals surface area contributed by atoms with Crippen molar-refractivity contribution in [3.05, 3.63) is 75.9 Å². The van der Waals surface area contributed by atoms with Crippen molar-refractivity contribution in [1.82, 2.24) is 9.56 Å². The minimum atomic E-state index is 0.802. The van der Waals surface area contributed by atoms with E-state index in [-0.39, 0.29) is 0 Å². The molecule has 0 aliphatic carbocycles. The molecule has 0 unspecified atom stereocenters. The van der Waals surface area contributed by atoms with E-state index in [1.807, 2.05) is 31.2 Å². The molecule has 5 rings (SSSR count). The predicted octanol–water partition coefficient (Wildman–Crippen LogP) is 4.76. The summed E-state index contributed by atoms with van der Waals surface area (Å²) in [7, 11) is 0. The Bertz CT molecular complexity index is 1350. The Morgan fingerprint density at radius 2 is 1.85 bits per heavy atom. The first kappa shape index (κ1) is 16.2. The van der Waals surface area contributed by atoms with Crippen molar-refractivity contribution >= 4 is 56.8 Å². The number of hydrogen-bond donors (Lipinski definition) is 0. The summed E-state index contributed by atoms with van der Waals surface area (Å²) in [5, 5.41) is 1.02. The van der Waals surface area contributed by atoms with Gasteiger partial charge in [0.05, 0.1) is 11.1 Å². The Morgan fingerprint density at radius 3 is 2.74 bits per heavy atom. The molecule has 0 N–H and O–H groups in total. The van der Waals surface area contributed by atoms with Gasteiger partial charge in [-0.3, -0.25) is 4.98 Å². The Hall–Kier alpha value is -2.98. The van der Waals surface area contributed by atoms with Gasteiger partial charge < -0.3 is 4.42 Å². The van der Waals surface area contributed by atoms with Gasteiger partial charge in [0.2, 0.25) is 11.4 Å². The predicted molar refractivity (Wildman–Crippen MR) is 115 cm³/mol. The molecule has 0 bridgehead atoms. The molecular formula is C23H16BrN2O+. The van der Waals surface area contributed by atoms with Gasteiger partial charge in [0.25, 0.3) is 0 Å². The minimum absolute atomic E-state index is 0.802. The maximum atomic E-state index is 6.03. The lowest BCUT2D eigenvalue weighted by atomic mass is 10.1. The second kappa shape index (κ2) is 6.32. The van der Waals surface area contributed by atoms with E-state index < -0.39 is 0 Å². The Kier molecular flexibility index (Phi) is 3.80. The van der Waals surface area contributed by atoms with Crippen molar-refractivity contribution in [2.45, 2.75) is 6.92 Å². The third-order valence-corrected chi connectivity index (χ3v) is 5.34. The number of pyridine rings is 1. The molecule has 3 heterocycles. The lowest BCUT2D eigenvalue weighted by Crippen LogP contribution is -2.21. The quantitative estimate of drug-likeness (QED) is 0.369. The van der Waals surface area contributed by atoms with Gasteiger partial charge in [-0.05, 0) is 37.3 Å². The molecule has 130 valence electrons. The highest BCUT2D eigenvalue weighted by atomic mass is 79.9. The van der Waals surface area contributed by atoms with Crippen molar-refractivity contribution in [3.8, 4) is 11.1 Å². The molecule has 0 amide bonds. The molecule has 4 heteroatoms. The van der Waals surface area contributed by atoms with Gasteiger partial charge in [0, 0.05) is 34.1 Å². The number of benzene rings is 2. The maximum absolute atomic E-state index is 6.03. The third kappa shape index (κ3) is 2.56. The zero-order valence-electron chi connectivity index (χ0n) is 14.7. The summed E-state index contributed by atoms with van der Waals surface area (Å²) in [6, 6.07) is 18.7. The molecule has 0 spiro atoms. The highest BCUT2D eigenvalue weighted by Gasteiger charge is 2.30. The first-order valence-corrected chi connectivity index (χ1v) is 9.59. The van der Waals surface area contributed by atoms with E-state index in [0.29, 0.717) is 0 Å². The number of para-hydroxylation sites is 1. The topological polar surface area (TPSA) is 29.0 Å². The number of furan rings is 1. The van der Waals surface area contributed by atoms with Crippen molar-refractivity contribution in [2.75, 3.05) is 0 Å². The molecule has 0 saturated carbocycles. The molecular weight excluding hydrogens is 400 g/mol. The maximum Gasteiger partial charge on any atom is 0.219 e. The fourth-order valence-electron chi connectivity index (χ4n) is 3.65. The fraction of sp³-hybridized carbons (Fsp3) is 0.0435. The van der Waals surface area contributed by atoms with E-state index in [0.717, 1.165) is 37.6 Å². The lowest BCUT2D eigenvalue weighted by Gasteiger charge is -1.95. The van der Waals surface area contributed by atoms with Crippen LogP contribution in [0.15, 0.2) is 69.7 Å². The summed E-state index contributed by atoms with van der Waals surface area (Å²) < 4.78 is 9.31. The number of nitrogens with zero attached hydrogens (tertiary/aromatic N) is 2. The zero-order chi connectivity index (χ0) is 18.4. The minimum Gasteiger partial charge on any atom is -0.454 e. The highest BCUT2D eigenvalue weighted by molar-refractivity contribution is 9.10. The molecule has 0 radical (unpaired) electrons. The summed E-state index contributed by atoms with van der Waals surface area (Å²) in [6.45, 7) is 2.01. The highest BCUT2D eigenvalue weighted by Crippen LogP contribution is 2.45. The number of rotatable bonds is 1. The van der Waals surface area contributed by atoms with E-state index >= 15 is 0 Å². The number of fused-ring (bicyclic) bond motifs is 4. The van der Waals surface area contributed by atoms with Crippen LogP contribution in [0.3, 0.4) is 0 Å². The smallest absolute Gasteiger partial charge is 0.219 e. The molecule has 3 nitrogen and oxygen atoms in total. The van der Waals surface area contributed by atoms with Crippen LogP contribution in [0, 0.1) is 0 Å². The molecule has 1 aliphatic heterocycles. The van der Waals surface area contributed by atoms with Crippen LogP contribution in [0.5, 0.6) is 0 Å². The summed E-state index contributed by atoms with van der Waals surface area (Å²) in [5.41, 5.74) is 7.28. The molecule has 0 atom stereocenters. The number of aromatic nitrogens is 1. The summed E-state index contributed by atoms with van der Waals surface area (Å²) in [5.74, 6) is 0. The van der Waals surface area contributed by atoms with Crippen LogP contribution >= 0.6 is 15.9 Å². The van der Waals surface area contributed by atoms with E-state index in [4.69, 9.17) is 4.42 Å². The van der Waals surface area contributed by atoms with Gasteiger partial charge >= 0.3 is 0 Å². The molecule has 2 aromatic carbocycles. The van der Waals surface area contributed by atoms with Gasteiger partial charge in [0.15, 0.2) is 11.8 Å². The summed E-state index contributed by atoms with van der Waals surface area (Å²) in [4.78, 5) is 4.46. The van der Waals surface area contributed by atoms with Crippen LogP contribution in [0.2, 0.25) is 0 Å². The molecule has 4 aromatic rings. The van der Waals surface area contributed by atoms with Crippen LogP contribution < -0.4 is 15.2 Å². The summed E-state index contributed by atoms with van der Waals surface area (Å²) in [6.07, 6.45) is 7.93. The van der Waals surface area contributed by atoms with E-state index in [9.17, 15) is 0 Å². The normalized spacial score (nSPS) is 15.6. The molecule has 27 heavy (non-hydrogen) atoms. The van der Waals surface area contributed by atoms with Crippen LogP contribution in [0.4, 0.5) is 11.4 Å². The monoisotopic (exact) mass is 415 g/mol. The molecule has 0 saturated heterocycles. The molecule has 0 fully saturated rings. The Labute approximate surface area is 164 Å². The van der Waals surface area contributed by atoms with E-state index in [1.165, 1.54) is 11.1 Å². The Balaban J connectivity index is 1.77. The van der Waals surface area contributed by atoms with Crippen molar-refractivity contribution < 1.29 is 4.42 Å². The first-order chi connectivity index (χ1) is 13.3. The number of halogens is 1. The van der Waals surface area contributed by atoms with Crippen molar-refractivity contribution in [2.24, 2.45) is 0 Å². The van der Waals surface area contributed by atoms with Gasteiger partial charge in [0.1, 0.15) is 10.9 Å². The largest absolute Gasteiger partial charge is 0.454 e. The average molecular weight is 416 g/mol. The first-order valence-electron chi connectivity index (χ1n) is 8.79. The van der Waals surface area contributed by atoms with Gasteiger partial charge in [-0.1, -0.05) is 34.1 Å². The van der Waals surface area contributed by atoms with Crippen molar-refractivity contribution in [1.29, 1.82) is 0 Å². The second-order valence-electron chi connectivity index (χ2n) is 6.38. The van der Waals surface area contributed by atoms with Gasteiger partial charge in [-0.15, -0.1) is 0 Å². The van der Waals surface area contributed by atoms with Gasteiger partial charge in [-0.2, -0.15) is 4.58 Å². The van der Waals surface area contributed by atoms with Gasteiger partial charge in [-0.25, -0.2) is 0 Å². The molecule has 2 aromatic heterocycles. The van der Waals surface area contributed by atoms with Crippen LogP contribution in [0.25, 0.3) is 34.4 Å². The third-order valence-electron chi connectivity index (χ3n) is 4.85. The Morgan fingerprint density at radius 1 is 1.00 bits per heavy atom. The molecule has 1 aliphatic rings. The van der Waals surface area contributed by atoms with Crippen LogP contribution in [-0.4, -0.2) is 11.2 Å². The number of hydrogen-bond acceptors (Lipinski definition) is 2. The fourth-order valence-corrected chi connectivity index (χ4v) is 4.01. The SMILES string of the molecule is C/C=c1\c(=C/C=[N+]2c3ccccc3-c3cc(Br)ccc32)oc2cccnc12. The summed E-state index contributed by atoms with van der Waals surface area (Å²) >= 11 is 3.59. The zero-order valence-corrected chi connectivity index (χ0v) is 16.3. The van der Waals surface area contributed by atoms with Crippen LogP contribution in [-0.2, 0) is 0 Å². The standard InChI is InChI=1S/C23H16BrN2O/c1-2-16-21(27-22-8-5-12-25-23(16)22)11-13-26-19-7-4-3-6-17(19)18-14-15(24)9-10-20(18)26/h2-14H,1H3/q+1/b16-2+,21-11+,26-13?. The van der Waals surface area contributed by atoms with E-state index in [2.05, 4.69) is 74.2 Å². The van der Waals surface area contributed by atoms with Crippen molar-refractivity contribution in [3.63, 3.8) is 0 Å². The van der Waals surface area contributed by atoms with Crippen LogP contribution in [0.1, 0.15) is 6.92 Å². The lowest BCUT2D eigenvalue weighted by molar-refractivity contribution is 0.576. The average Bonchev–Trinajstić information content (AvgIpc) is 3.21.